The van der Waals surface area contributed by atoms with Crippen molar-refractivity contribution in [2.45, 2.75) is 26.4 Å². The molecule has 0 aliphatic carbocycles. The molecular weight excluding hydrogens is 284 g/mol. The highest BCUT2D eigenvalue weighted by atomic mass is 16.5. The fourth-order valence-corrected chi connectivity index (χ4v) is 1.99. The van der Waals surface area contributed by atoms with E-state index in [-0.39, 0.29) is 12.1 Å². The van der Waals surface area contributed by atoms with Gasteiger partial charge in [0.05, 0.1) is 18.8 Å². The molecule has 2 amide bonds. The molecule has 1 atom stereocenters. The van der Waals surface area contributed by atoms with E-state index in [4.69, 9.17) is 9.15 Å². The van der Waals surface area contributed by atoms with Gasteiger partial charge >= 0.3 is 6.03 Å². The molecular formula is C15H20N4O3. The largest absolute Gasteiger partial charge is 0.464 e. The fraction of sp³-hybridized carbons (Fsp3) is 0.400. The predicted molar refractivity (Wildman–Crippen MR) is 80.2 cm³/mol. The lowest BCUT2D eigenvalue weighted by atomic mass is 10.2. The minimum atomic E-state index is -0.342. The van der Waals surface area contributed by atoms with Gasteiger partial charge in [-0.1, -0.05) is 0 Å². The van der Waals surface area contributed by atoms with Crippen LogP contribution < -0.4 is 10.6 Å². The summed E-state index contributed by atoms with van der Waals surface area (Å²) in [5.74, 6) is 2.12. The van der Waals surface area contributed by atoms with Crippen molar-refractivity contribution in [3.63, 3.8) is 0 Å². The molecule has 0 radical (unpaired) electrons. The highest BCUT2D eigenvalue weighted by Gasteiger charge is 2.17. The van der Waals surface area contributed by atoms with Gasteiger partial charge in [0.2, 0.25) is 0 Å². The molecule has 0 saturated heterocycles. The molecule has 2 rings (SSSR count). The Bertz CT molecular complexity index is 627. The van der Waals surface area contributed by atoms with Gasteiger partial charge in [-0.05, 0) is 32.0 Å². The number of carbonyl (C=O) groups is 1. The summed E-state index contributed by atoms with van der Waals surface area (Å²) >= 11 is 0. The first kappa shape index (κ1) is 16.0. The molecule has 2 aromatic heterocycles. The van der Waals surface area contributed by atoms with Crippen LogP contribution in [0.2, 0.25) is 0 Å². The van der Waals surface area contributed by atoms with Crippen LogP contribution in [-0.4, -0.2) is 29.7 Å². The molecule has 0 unspecified atom stereocenters. The van der Waals surface area contributed by atoms with E-state index in [2.05, 4.69) is 20.6 Å². The number of nitrogens with zero attached hydrogens (tertiary/aromatic N) is 2. The van der Waals surface area contributed by atoms with Gasteiger partial charge in [0, 0.05) is 13.3 Å². The standard InChI is InChI=1S/C15H20N4O3/c1-10-4-5-14(22-10)13(9-21-3)19-15(20)17-8-12-6-7-16-11(2)18-12/h4-7,13H,8-9H2,1-3H3,(H2,17,19,20)/t13-/m0/s1. The molecule has 0 aliphatic heterocycles. The zero-order valence-electron chi connectivity index (χ0n) is 12.9. The van der Waals surface area contributed by atoms with E-state index < -0.39 is 0 Å². The summed E-state index contributed by atoms with van der Waals surface area (Å²) in [6.45, 7) is 4.31. The van der Waals surface area contributed by atoms with E-state index in [1.165, 1.54) is 0 Å². The van der Waals surface area contributed by atoms with Crippen LogP contribution >= 0.6 is 0 Å². The van der Waals surface area contributed by atoms with Gasteiger partial charge in [0.25, 0.3) is 0 Å². The number of carbonyl (C=O) groups excluding carboxylic acids is 1. The molecule has 0 spiro atoms. The predicted octanol–water partition coefficient (Wildman–Crippen LogP) is 1.87. The highest BCUT2D eigenvalue weighted by Crippen LogP contribution is 2.16. The van der Waals surface area contributed by atoms with Gasteiger partial charge in [-0.15, -0.1) is 0 Å². The summed E-state index contributed by atoms with van der Waals surface area (Å²) in [6, 6.07) is 4.78. The molecule has 7 nitrogen and oxygen atoms in total. The Balaban J connectivity index is 1.91. The minimum absolute atomic E-state index is 0.313. The second-order valence-electron chi connectivity index (χ2n) is 4.88. The Kier molecular flexibility index (Phi) is 5.48. The van der Waals surface area contributed by atoms with Crippen molar-refractivity contribution in [3.8, 4) is 0 Å². The summed E-state index contributed by atoms with van der Waals surface area (Å²) in [5, 5.41) is 5.57. The van der Waals surface area contributed by atoms with Crippen molar-refractivity contribution in [1.82, 2.24) is 20.6 Å². The first-order valence-electron chi connectivity index (χ1n) is 6.96. The van der Waals surface area contributed by atoms with Gasteiger partial charge in [0.1, 0.15) is 23.4 Å². The third kappa shape index (κ3) is 4.56. The van der Waals surface area contributed by atoms with E-state index in [0.29, 0.717) is 24.7 Å². The third-order valence-corrected chi connectivity index (χ3v) is 3.01. The minimum Gasteiger partial charge on any atom is -0.464 e. The van der Waals surface area contributed by atoms with Crippen molar-refractivity contribution < 1.29 is 13.9 Å². The molecule has 0 aliphatic rings. The average Bonchev–Trinajstić information content (AvgIpc) is 2.91. The maximum Gasteiger partial charge on any atom is 0.315 e. The second kappa shape index (κ2) is 7.56. The molecule has 0 fully saturated rings. The number of hydrogen-bond donors (Lipinski definition) is 2. The second-order valence-corrected chi connectivity index (χ2v) is 4.88. The molecule has 118 valence electrons. The maximum atomic E-state index is 12.0. The number of methoxy groups -OCH3 is 1. The SMILES string of the molecule is COC[C@H](NC(=O)NCc1ccnc(C)n1)c1ccc(C)o1. The normalized spacial score (nSPS) is 12.0. The first-order valence-corrected chi connectivity index (χ1v) is 6.96. The molecule has 2 heterocycles. The van der Waals surface area contributed by atoms with Crippen molar-refractivity contribution >= 4 is 6.03 Å². The van der Waals surface area contributed by atoms with Crippen LogP contribution in [0.1, 0.15) is 29.1 Å². The lowest BCUT2D eigenvalue weighted by Crippen LogP contribution is -2.39. The van der Waals surface area contributed by atoms with Gasteiger partial charge < -0.3 is 19.8 Å². The summed E-state index contributed by atoms with van der Waals surface area (Å²) in [7, 11) is 1.58. The van der Waals surface area contributed by atoms with Gasteiger partial charge in [0.15, 0.2) is 0 Å². The van der Waals surface area contributed by atoms with Gasteiger partial charge in [-0.2, -0.15) is 0 Å². The number of urea groups is 1. The summed E-state index contributed by atoms with van der Waals surface area (Å²) in [5.41, 5.74) is 0.750. The van der Waals surface area contributed by atoms with Crippen LogP contribution in [0.5, 0.6) is 0 Å². The topological polar surface area (TPSA) is 89.3 Å². The number of amides is 2. The number of nitrogens with one attached hydrogen (secondary N) is 2. The van der Waals surface area contributed by atoms with Crippen LogP contribution in [0.25, 0.3) is 0 Å². The maximum absolute atomic E-state index is 12.0. The molecule has 0 aromatic carbocycles. The summed E-state index contributed by atoms with van der Waals surface area (Å²) < 4.78 is 10.7. The molecule has 2 aromatic rings. The van der Waals surface area contributed by atoms with Crippen molar-refractivity contribution in [3.05, 3.63) is 47.4 Å². The van der Waals surface area contributed by atoms with E-state index in [1.54, 1.807) is 26.3 Å². The van der Waals surface area contributed by atoms with Crippen molar-refractivity contribution in [1.29, 1.82) is 0 Å². The highest BCUT2D eigenvalue weighted by molar-refractivity contribution is 5.74. The molecule has 7 heteroatoms. The van der Waals surface area contributed by atoms with Crippen LogP contribution in [-0.2, 0) is 11.3 Å². The average molecular weight is 304 g/mol. The Morgan fingerprint density at radius 1 is 1.36 bits per heavy atom. The zero-order chi connectivity index (χ0) is 15.9. The molecule has 2 N–H and O–H groups in total. The third-order valence-electron chi connectivity index (χ3n) is 3.01. The van der Waals surface area contributed by atoms with E-state index in [0.717, 1.165) is 11.5 Å². The number of rotatable bonds is 6. The Hall–Kier alpha value is -2.41. The number of aromatic nitrogens is 2. The van der Waals surface area contributed by atoms with Crippen LogP contribution in [0.3, 0.4) is 0 Å². The first-order chi connectivity index (χ1) is 10.6. The molecule has 22 heavy (non-hydrogen) atoms. The van der Waals surface area contributed by atoms with Crippen LogP contribution in [0, 0.1) is 13.8 Å². The van der Waals surface area contributed by atoms with Crippen LogP contribution in [0.4, 0.5) is 4.79 Å². The van der Waals surface area contributed by atoms with Crippen LogP contribution in [0.15, 0.2) is 28.8 Å². The zero-order valence-corrected chi connectivity index (χ0v) is 12.9. The summed E-state index contributed by atoms with van der Waals surface area (Å²) in [6.07, 6.45) is 1.66. The van der Waals surface area contributed by atoms with E-state index in [9.17, 15) is 4.79 Å². The Morgan fingerprint density at radius 2 is 2.18 bits per heavy atom. The quantitative estimate of drug-likeness (QED) is 0.850. The van der Waals surface area contributed by atoms with E-state index in [1.807, 2.05) is 19.1 Å². The molecule has 0 saturated carbocycles. The Labute approximate surface area is 129 Å². The van der Waals surface area contributed by atoms with Gasteiger partial charge in [-0.3, -0.25) is 0 Å². The lowest BCUT2D eigenvalue weighted by molar-refractivity contribution is 0.156. The monoisotopic (exact) mass is 304 g/mol. The molecule has 0 bridgehead atoms. The van der Waals surface area contributed by atoms with E-state index >= 15 is 0 Å². The van der Waals surface area contributed by atoms with Gasteiger partial charge in [-0.25, -0.2) is 14.8 Å². The number of aryl methyl sites for hydroxylation is 2. The smallest absolute Gasteiger partial charge is 0.315 e. The fourth-order valence-electron chi connectivity index (χ4n) is 1.99. The Morgan fingerprint density at radius 3 is 2.82 bits per heavy atom. The van der Waals surface area contributed by atoms with Crippen molar-refractivity contribution in [2.24, 2.45) is 0 Å². The van der Waals surface area contributed by atoms with Crippen molar-refractivity contribution in [2.75, 3.05) is 13.7 Å². The number of ether oxygens (including phenoxy) is 1. The lowest BCUT2D eigenvalue weighted by Gasteiger charge is -2.16. The number of furan rings is 1. The summed E-state index contributed by atoms with van der Waals surface area (Å²) in [4.78, 5) is 20.2. The number of hydrogen-bond acceptors (Lipinski definition) is 5.